The molecule has 1 heterocycles. The molecule has 0 saturated carbocycles. The standard InChI is InChI=1S/C24H30N2O4/c1-4-5-8-15-26(23-25-20-12-6-7-13-21(20)29-23)16-14-18-10-9-11-19(17-18)30-24(2,3)22(27)28/h6-7,9-13,17H,4-5,8,14-16H2,1-3H3,(H,27,28). The largest absolute Gasteiger partial charge is 0.478 e. The first-order valence-corrected chi connectivity index (χ1v) is 10.5. The third kappa shape index (κ3) is 5.53. The molecule has 0 bridgehead atoms. The summed E-state index contributed by atoms with van der Waals surface area (Å²) in [5.74, 6) is -0.440. The molecule has 0 saturated heterocycles. The van der Waals surface area contributed by atoms with Gasteiger partial charge in [0.15, 0.2) is 11.2 Å². The highest BCUT2D eigenvalue weighted by atomic mass is 16.5. The van der Waals surface area contributed by atoms with E-state index in [2.05, 4.69) is 16.8 Å². The number of benzene rings is 2. The summed E-state index contributed by atoms with van der Waals surface area (Å²) in [5.41, 5.74) is 1.45. The number of anilines is 1. The first-order chi connectivity index (χ1) is 14.4. The van der Waals surface area contributed by atoms with Crippen molar-refractivity contribution in [3.8, 4) is 5.75 Å². The summed E-state index contributed by atoms with van der Waals surface area (Å²) in [6.07, 6.45) is 4.16. The van der Waals surface area contributed by atoms with Crippen LogP contribution >= 0.6 is 0 Å². The molecule has 0 fully saturated rings. The smallest absolute Gasteiger partial charge is 0.347 e. The summed E-state index contributed by atoms with van der Waals surface area (Å²) >= 11 is 0. The number of carbonyl (C=O) groups is 1. The average Bonchev–Trinajstić information content (AvgIpc) is 3.14. The van der Waals surface area contributed by atoms with Crippen molar-refractivity contribution in [1.82, 2.24) is 4.98 Å². The van der Waals surface area contributed by atoms with Crippen LogP contribution in [-0.4, -0.2) is 34.8 Å². The molecule has 1 aromatic heterocycles. The van der Waals surface area contributed by atoms with Gasteiger partial charge < -0.3 is 19.2 Å². The van der Waals surface area contributed by atoms with Gasteiger partial charge in [0, 0.05) is 13.1 Å². The Kier molecular flexibility index (Phi) is 6.98. The van der Waals surface area contributed by atoms with Crippen molar-refractivity contribution in [3.05, 3.63) is 54.1 Å². The maximum atomic E-state index is 11.3. The fraction of sp³-hybridized carbons (Fsp3) is 0.417. The van der Waals surface area contributed by atoms with Gasteiger partial charge in [0.25, 0.3) is 6.01 Å². The maximum absolute atomic E-state index is 11.3. The molecule has 0 aliphatic rings. The third-order valence-electron chi connectivity index (χ3n) is 5.04. The fourth-order valence-electron chi connectivity index (χ4n) is 3.22. The van der Waals surface area contributed by atoms with Crippen LogP contribution in [0.15, 0.2) is 52.9 Å². The van der Waals surface area contributed by atoms with Crippen LogP contribution in [0.25, 0.3) is 11.1 Å². The Morgan fingerprint density at radius 1 is 1.13 bits per heavy atom. The van der Waals surface area contributed by atoms with Gasteiger partial charge in [0.05, 0.1) is 0 Å². The van der Waals surface area contributed by atoms with Gasteiger partial charge in [-0.3, -0.25) is 0 Å². The number of unbranched alkanes of at least 4 members (excludes halogenated alkanes) is 2. The molecule has 6 nitrogen and oxygen atoms in total. The first-order valence-electron chi connectivity index (χ1n) is 10.5. The molecular weight excluding hydrogens is 380 g/mol. The second-order valence-corrected chi connectivity index (χ2v) is 7.97. The molecule has 0 aliphatic carbocycles. The molecule has 0 aliphatic heterocycles. The normalized spacial score (nSPS) is 11.6. The van der Waals surface area contributed by atoms with Crippen molar-refractivity contribution in [2.24, 2.45) is 0 Å². The Labute approximate surface area is 177 Å². The van der Waals surface area contributed by atoms with E-state index in [4.69, 9.17) is 9.15 Å². The number of carboxylic acids is 1. The van der Waals surface area contributed by atoms with Crippen molar-refractivity contribution < 1.29 is 19.1 Å². The number of hydrogen-bond acceptors (Lipinski definition) is 5. The number of aliphatic carboxylic acids is 1. The van der Waals surface area contributed by atoms with Gasteiger partial charge in [-0.05, 0) is 56.5 Å². The number of oxazole rings is 1. The molecule has 0 atom stereocenters. The van der Waals surface area contributed by atoms with E-state index in [9.17, 15) is 9.90 Å². The minimum atomic E-state index is -1.27. The monoisotopic (exact) mass is 410 g/mol. The van der Waals surface area contributed by atoms with E-state index in [0.717, 1.165) is 55.4 Å². The zero-order chi connectivity index (χ0) is 21.6. The predicted molar refractivity (Wildman–Crippen MR) is 118 cm³/mol. The van der Waals surface area contributed by atoms with Gasteiger partial charge in [-0.1, -0.05) is 44.0 Å². The summed E-state index contributed by atoms with van der Waals surface area (Å²) in [6.45, 7) is 6.91. The summed E-state index contributed by atoms with van der Waals surface area (Å²) in [7, 11) is 0. The Hall–Kier alpha value is -3.02. The number of ether oxygens (including phenoxy) is 1. The Bertz CT molecular complexity index is 947. The molecule has 0 radical (unpaired) electrons. The molecule has 0 spiro atoms. The second-order valence-electron chi connectivity index (χ2n) is 7.97. The molecule has 2 aromatic carbocycles. The third-order valence-corrected chi connectivity index (χ3v) is 5.04. The van der Waals surface area contributed by atoms with Crippen LogP contribution in [0.3, 0.4) is 0 Å². The Morgan fingerprint density at radius 2 is 1.93 bits per heavy atom. The highest BCUT2D eigenvalue weighted by molar-refractivity contribution is 5.76. The number of nitrogens with zero attached hydrogens (tertiary/aromatic N) is 2. The van der Waals surface area contributed by atoms with Crippen LogP contribution < -0.4 is 9.64 Å². The van der Waals surface area contributed by atoms with Crippen molar-refractivity contribution in [3.63, 3.8) is 0 Å². The fourth-order valence-corrected chi connectivity index (χ4v) is 3.22. The first kappa shape index (κ1) is 21.7. The summed E-state index contributed by atoms with van der Waals surface area (Å²) in [5, 5.41) is 9.29. The number of hydrogen-bond donors (Lipinski definition) is 1. The van der Waals surface area contributed by atoms with E-state index in [1.807, 2.05) is 42.5 Å². The van der Waals surface area contributed by atoms with Gasteiger partial charge in [0.1, 0.15) is 11.3 Å². The number of rotatable bonds is 11. The van der Waals surface area contributed by atoms with Gasteiger partial charge in [-0.25, -0.2) is 4.79 Å². The Morgan fingerprint density at radius 3 is 2.67 bits per heavy atom. The molecule has 160 valence electrons. The van der Waals surface area contributed by atoms with E-state index in [1.165, 1.54) is 0 Å². The Balaban J connectivity index is 1.72. The number of para-hydroxylation sites is 2. The van der Waals surface area contributed by atoms with E-state index in [1.54, 1.807) is 19.9 Å². The van der Waals surface area contributed by atoms with Crippen LogP contribution in [0.5, 0.6) is 5.75 Å². The van der Waals surface area contributed by atoms with Crippen molar-refractivity contribution in [2.45, 2.75) is 52.1 Å². The lowest BCUT2D eigenvalue weighted by molar-refractivity contribution is -0.152. The van der Waals surface area contributed by atoms with Gasteiger partial charge in [-0.15, -0.1) is 0 Å². The zero-order valence-corrected chi connectivity index (χ0v) is 17.9. The van der Waals surface area contributed by atoms with E-state index >= 15 is 0 Å². The van der Waals surface area contributed by atoms with E-state index in [0.29, 0.717) is 11.8 Å². The predicted octanol–water partition coefficient (Wildman–Crippen LogP) is 5.31. The minimum absolute atomic E-state index is 0.555. The average molecular weight is 411 g/mol. The number of fused-ring (bicyclic) bond motifs is 1. The summed E-state index contributed by atoms with van der Waals surface area (Å²) < 4.78 is 11.7. The number of carboxylic acid groups (broad SMARTS) is 1. The van der Waals surface area contributed by atoms with Gasteiger partial charge >= 0.3 is 5.97 Å². The molecule has 1 N–H and O–H groups in total. The van der Waals surface area contributed by atoms with Crippen LogP contribution in [0, 0.1) is 0 Å². The molecule has 30 heavy (non-hydrogen) atoms. The van der Waals surface area contributed by atoms with E-state index in [-0.39, 0.29) is 0 Å². The lowest BCUT2D eigenvalue weighted by atomic mass is 10.1. The molecule has 3 rings (SSSR count). The van der Waals surface area contributed by atoms with Gasteiger partial charge in [-0.2, -0.15) is 4.98 Å². The molecule has 0 unspecified atom stereocenters. The van der Waals surface area contributed by atoms with Crippen molar-refractivity contribution in [1.29, 1.82) is 0 Å². The highest BCUT2D eigenvalue weighted by Gasteiger charge is 2.29. The summed E-state index contributed by atoms with van der Waals surface area (Å²) in [4.78, 5) is 18.2. The molecule has 0 amide bonds. The SMILES string of the molecule is CCCCCN(CCc1cccc(OC(C)(C)C(=O)O)c1)c1nc2ccccc2o1. The summed E-state index contributed by atoms with van der Waals surface area (Å²) in [6, 6.07) is 16.0. The van der Waals surface area contributed by atoms with Crippen LogP contribution in [0.4, 0.5) is 6.01 Å². The quantitative estimate of drug-likeness (QED) is 0.432. The lowest BCUT2D eigenvalue weighted by Gasteiger charge is -2.23. The molecule has 6 heteroatoms. The number of aromatic nitrogens is 1. The topological polar surface area (TPSA) is 75.8 Å². The van der Waals surface area contributed by atoms with Crippen LogP contribution in [-0.2, 0) is 11.2 Å². The molecule has 3 aromatic rings. The van der Waals surface area contributed by atoms with E-state index < -0.39 is 11.6 Å². The zero-order valence-electron chi connectivity index (χ0n) is 17.9. The second kappa shape index (κ2) is 9.65. The highest BCUT2D eigenvalue weighted by Crippen LogP contribution is 2.24. The molecular formula is C24H30N2O4. The van der Waals surface area contributed by atoms with Gasteiger partial charge in [0.2, 0.25) is 0 Å². The van der Waals surface area contributed by atoms with Crippen molar-refractivity contribution in [2.75, 3.05) is 18.0 Å². The van der Waals surface area contributed by atoms with Crippen LogP contribution in [0.1, 0.15) is 45.6 Å². The van der Waals surface area contributed by atoms with Crippen LogP contribution in [0.2, 0.25) is 0 Å². The minimum Gasteiger partial charge on any atom is -0.478 e. The lowest BCUT2D eigenvalue weighted by Crippen LogP contribution is -2.37. The van der Waals surface area contributed by atoms with Crippen molar-refractivity contribution >= 4 is 23.1 Å². The maximum Gasteiger partial charge on any atom is 0.347 e.